The second-order valence-electron chi connectivity index (χ2n) is 5.99. The first kappa shape index (κ1) is 16.1. The molecule has 3 aromatic carbocycles. The summed E-state index contributed by atoms with van der Waals surface area (Å²) in [6, 6.07) is 20.2. The van der Waals surface area contributed by atoms with Gasteiger partial charge >= 0.3 is 0 Å². The number of fused-ring (bicyclic) bond motifs is 1. The zero-order chi connectivity index (χ0) is 16.9. The molecule has 24 heavy (non-hydrogen) atoms. The van der Waals surface area contributed by atoms with Crippen molar-refractivity contribution in [2.45, 2.75) is 20.4 Å². The van der Waals surface area contributed by atoms with Crippen LogP contribution in [-0.4, -0.2) is 12.5 Å². The third kappa shape index (κ3) is 3.93. The highest BCUT2D eigenvalue weighted by atomic mass is 16.5. The van der Waals surface area contributed by atoms with Gasteiger partial charge < -0.3 is 10.1 Å². The van der Waals surface area contributed by atoms with Crippen molar-refractivity contribution in [1.29, 1.82) is 0 Å². The van der Waals surface area contributed by atoms with Gasteiger partial charge in [0.05, 0.1) is 0 Å². The maximum Gasteiger partial charge on any atom is 0.258 e. The van der Waals surface area contributed by atoms with E-state index >= 15 is 0 Å². The lowest BCUT2D eigenvalue weighted by atomic mass is 10.1. The van der Waals surface area contributed by atoms with Crippen LogP contribution in [0, 0.1) is 13.8 Å². The first-order valence-electron chi connectivity index (χ1n) is 8.06. The van der Waals surface area contributed by atoms with E-state index in [0.29, 0.717) is 6.54 Å². The van der Waals surface area contributed by atoms with Crippen LogP contribution >= 0.6 is 0 Å². The lowest BCUT2D eigenvalue weighted by Gasteiger charge is -2.09. The Morgan fingerprint density at radius 2 is 1.71 bits per heavy atom. The van der Waals surface area contributed by atoms with Crippen molar-refractivity contribution in [2.75, 3.05) is 6.61 Å². The molecule has 0 heterocycles. The Morgan fingerprint density at radius 3 is 2.50 bits per heavy atom. The Balaban J connectivity index is 1.53. The quantitative estimate of drug-likeness (QED) is 0.767. The maximum absolute atomic E-state index is 12.0. The molecule has 0 aliphatic carbocycles. The number of nitrogens with one attached hydrogen (secondary N) is 1. The molecule has 3 nitrogen and oxygen atoms in total. The van der Waals surface area contributed by atoms with E-state index in [2.05, 4.69) is 36.5 Å². The minimum Gasteiger partial charge on any atom is -0.484 e. The van der Waals surface area contributed by atoms with Gasteiger partial charge in [0.15, 0.2) is 6.61 Å². The minimum atomic E-state index is -0.124. The van der Waals surface area contributed by atoms with E-state index in [1.165, 1.54) is 16.3 Å². The second-order valence-corrected chi connectivity index (χ2v) is 5.99. The van der Waals surface area contributed by atoms with Crippen LogP contribution in [0.2, 0.25) is 0 Å². The smallest absolute Gasteiger partial charge is 0.258 e. The summed E-state index contributed by atoms with van der Waals surface area (Å²) in [4.78, 5) is 12.0. The van der Waals surface area contributed by atoms with Gasteiger partial charge in [-0.05, 0) is 59.5 Å². The molecule has 1 amide bonds. The molecule has 3 aromatic rings. The van der Waals surface area contributed by atoms with E-state index < -0.39 is 0 Å². The maximum atomic E-state index is 12.0. The molecule has 0 spiro atoms. The van der Waals surface area contributed by atoms with Crippen LogP contribution in [0.25, 0.3) is 10.8 Å². The van der Waals surface area contributed by atoms with Crippen LogP contribution in [0.3, 0.4) is 0 Å². The first-order valence-corrected chi connectivity index (χ1v) is 8.06. The predicted molar refractivity (Wildman–Crippen MR) is 97.2 cm³/mol. The highest BCUT2D eigenvalue weighted by molar-refractivity contribution is 5.83. The summed E-state index contributed by atoms with van der Waals surface area (Å²) in [5.74, 6) is 0.598. The third-order valence-electron chi connectivity index (χ3n) is 4.15. The molecule has 0 aliphatic rings. The fourth-order valence-corrected chi connectivity index (χ4v) is 2.55. The van der Waals surface area contributed by atoms with Gasteiger partial charge in [-0.2, -0.15) is 0 Å². The summed E-state index contributed by atoms with van der Waals surface area (Å²) in [7, 11) is 0. The lowest BCUT2D eigenvalue weighted by Crippen LogP contribution is -2.28. The van der Waals surface area contributed by atoms with Crippen molar-refractivity contribution in [3.63, 3.8) is 0 Å². The average molecular weight is 319 g/mol. The van der Waals surface area contributed by atoms with Gasteiger partial charge in [0, 0.05) is 6.54 Å². The molecule has 0 saturated heterocycles. The number of hydrogen-bond donors (Lipinski definition) is 1. The predicted octanol–water partition coefficient (Wildman–Crippen LogP) is 4.15. The zero-order valence-corrected chi connectivity index (χ0v) is 14.0. The van der Waals surface area contributed by atoms with Crippen LogP contribution in [0.5, 0.6) is 5.75 Å². The molecule has 122 valence electrons. The van der Waals surface area contributed by atoms with Gasteiger partial charge in [0.2, 0.25) is 0 Å². The van der Waals surface area contributed by atoms with E-state index in [1.54, 1.807) is 0 Å². The number of rotatable bonds is 5. The molecular weight excluding hydrogens is 298 g/mol. The van der Waals surface area contributed by atoms with Gasteiger partial charge in [-0.1, -0.05) is 42.5 Å². The SMILES string of the molecule is Cc1ccc(OCC(=O)NCc2ccc3ccccc3c2)cc1C. The fraction of sp³-hybridized carbons (Fsp3) is 0.190. The van der Waals surface area contributed by atoms with Crippen molar-refractivity contribution in [3.8, 4) is 5.75 Å². The van der Waals surface area contributed by atoms with Gasteiger partial charge in [-0.25, -0.2) is 0 Å². The number of ether oxygens (including phenoxy) is 1. The van der Waals surface area contributed by atoms with Crippen LogP contribution in [0.15, 0.2) is 60.7 Å². The second kappa shape index (κ2) is 7.18. The zero-order valence-electron chi connectivity index (χ0n) is 14.0. The first-order chi connectivity index (χ1) is 11.6. The molecule has 0 aliphatic heterocycles. The van der Waals surface area contributed by atoms with Crippen molar-refractivity contribution in [1.82, 2.24) is 5.32 Å². The van der Waals surface area contributed by atoms with Crippen LogP contribution in [0.4, 0.5) is 0 Å². The van der Waals surface area contributed by atoms with Crippen LogP contribution < -0.4 is 10.1 Å². The molecule has 0 saturated carbocycles. The van der Waals surface area contributed by atoms with E-state index in [4.69, 9.17) is 4.74 Å². The monoisotopic (exact) mass is 319 g/mol. The number of benzene rings is 3. The standard InChI is InChI=1S/C21H21NO2/c1-15-7-10-20(11-16(15)2)24-14-21(23)22-13-17-8-9-18-5-3-4-6-19(18)12-17/h3-12H,13-14H2,1-2H3,(H,22,23). The minimum absolute atomic E-state index is 0.0239. The Morgan fingerprint density at radius 1 is 0.917 bits per heavy atom. The highest BCUT2D eigenvalue weighted by Crippen LogP contribution is 2.17. The summed E-state index contributed by atoms with van der Waals surface area (Å²) in [6.07, 6.45) is 0. The van der Waals surface area contributed by atoms with Gasteiger partial charge in [0.25, 0.3) is 5.91 Å². The molecule has 0 unspecified atom stereocenters. The Hall–Kier alpha value is -2.81. The molecule has 0 aromatic heterocycles. The van der Waals surface area contributed by atoms with E-state index in [-0.39, 0.29) is 12.5 Å². The molecule has 0 bridgehead atoms. The molecule has 3 heteroatoms. The Labute approximate surface area is 142 Å². The number of carbonyl (C=O) groups excluding carboxylic acids is 1. The normalized spacial score (nSPS) is 10.6. The summed E-state index contributed by atoms with van der Waals surface area (Å²) in [6.45, 7) is 4.60. The molecule has 0 atom stereocenters. The highest BCUT2D eigenvalue weighted by Gasteiger charge is 2.04. The van der Waals surface area contributed by atoms with E-state index in [1.807, 2.05) is 43.3 Å². The van der Waals surface area contributed by atoms with Gasteiger partial charge in [-0.3, -0.25) is 4.79 Å². The number of hydrogen-bond acceptors (Lipinski definition) is 2. The number of amides is 1. The topological polar surface area (TPSA) is 38.3 Å². The fourth-order valence-electron chi connectivity index (χ4n) is 2.55. The number of carbonyl (C=O) groups is 1. The summed E-state index contributed by atoms with van der Waals surface area (Å²) < 4.78 is 5.55. The number of aryl methyl sites for hydroxylation is 2. The van der Waals surface area contributed by atoms with Gasteiger partial charge in [-0.15, -0.1) is 0 Å². The van der Waals surface area contributed by atoms with Gasteiger partial charge in [0.1, 0.15) is 5.75 Å². The summed E-state index contributed by atoms with van der Waals surface area (Å²) in [5.41, 5.74) is 3.44. The average Bonchev–Trinajstić information content (AvgIpc) is 2.60. The lowest BCUT2D eigenvalue weighted by molar-refractivity contribution is -0.123. The Kier molecular flexibility index (Phi) is 4.80. The Bertz CT molecular complexity index is 871. The summed E-state index contributed by atoms with van der Waals surface area (Å²) in [5, 5.41) is 5.27. The van der Waals surface area contributed by atoms with Crippen LogP contribution in [-0.2, 0) is 11.3 Å². The molecule has 3 rings (SSSR count). The van der Waals surface area contributed by atoms with Crippen molar-refractivity contribution >= 4 is 16.7 Å². The van der Waals surface area contributed by atoms with Crippen molar-refractivity contribution in [2.24, 2.45) is 0 Å². The van der Waals surface area contributed by atoms with E-state index in [0.717, 1.165) is 16.9 Å². The molecule has 0 radical (unpaired) electrons. The summed E-state index contributed by atoms with van der Waals surface area (Å²) >= 11 is 0. The van der Waals surface area contributed by atoms with Crippen LogP contribution in [0.1, 0.15) is 16.7 Å². The van der Waals surface area contributed by atoms with Crippen molar-refractivity contribution < 1.29 is 9.53 Å². The molecule has 0 fully saturated rings. The third-order valence-corrected chi connectivity index (χ3v) is 4.15. The molecular formula is C21H21NO2. The largest absolute Gasteiger partial charge is 0.484 e. The molecule has 1 N–H and O–H groups in total. The van der Waals surface area contributed by atoms with Crippen molar-refractivity contribution in [3.05, 3.63) is 77.4 Å². The van der Waals surface area contributed by atoms with E-state index in [9.17, 15) is 4.79 Å².